The standard InChI is InChI=1S/C22H28N4O/c1-16-4-8-18(9-5-16)20-14-21(25-24-20)22(27)23-15-17-6-10-19(11-7-17)26-12-2-3-13-26/h4-11,20-21,24-25H,2-3,12-15H2,1H3,(H,23,27). The van der Waals surface area contributed by atoms with Crippen LogP contribution < -0.4 is 21.1 Å². The number of rotatable bonds is 5. The van der Waals surface area contributed by atoms with E-state index in [0.29, 0.717) is 6.54 Å². The van der Waals surface area contributed by atoms with Crippen molar-refractivity contribution in [3.63, 3.8) is 0 Å². The Morgan fingerprint density at radius 3 is 2.44 bits per heavy atom. The Morgan fingerprint density at radius 1 is 1.04 bits per heavy atom. The van der Waals surface area contributed by atoms with E-state index in [0.717, 1.165) is 25.1 Å². The number of hydrazine groups is 1. The molecule has 3 N–H and O–H groups in total. The first kappa shape index (κ1) is 18.0. The number of aryl methyl sites for hydroxylation is 1. The maximum Gasteiger partial charge on any atom is 0.238 e. The Morgan fingerprint density at radius 2 is 1.74 bits per heavy atom. The maximum atomic E-state index is 12.5. The molecule has 2 heterocycles. The molecular formula is C22H28N4O. The van der Waals surface area contributed by atoms with Gasteiger partial charge in [0.15, 0.2) is 0 Å². The van der Waals surface area contributed by atoms with E-state index in [1.165, 1.54) is 29.7 Å². The van der Waals surface area contributed by atoms with Crippen LogP contribution >= 0.6 is 0 Å². The lowest BCUT2D eigenvalue weighted by molar-refractivity contribution is -0.123. The third kappa shape index (κ3) is 4.31. The molecule has 2 aromatic rings. The summed E-state index contributed by atoms with van der Waals surface area (Å²) in [5.41, 5.74) is 11.2. The number of hydrogen-bond acceptors (Lipinski definition) is 4. The lowest BCUT2D eigenvalue weighted by Crippen LogP contribution is -2.42. The van der Waals surface area contributed by atoms with E-state index < -0.39 is 0 Å². The Hall–Kier alpha value is -2.37. The number of benzene rings is 2. The normalized spacial score (nSPS) is 22.2. The minimum absolute atomic E-state index is 0.0423. The average molecular weight is 364 g/mol. The zero-order valence-corrected chi connectivity index (χ0v) is 15.9. The molecule has 2 aliphatic heterocycles. The fourth-order valence-corrected chi connectivity index (χ4v) is 3.86. The molecule has 0 saturated carbocycles. The summed E-state index contributed by atoms with van der Waals surface area (Å²) in [5, 5.41) is 3.06. The summed E-state index contributed by atoms with van der Waals surface area (Å²) in [5.74, 6) is 0.0423. The Bertz CT molecular complexity index is 766. The Balaban J connectivity index is 1.27. The molecule has 4 rings (SSSR count). The molecule has 0 radical (unpaired) electrons. The van der Waals surface area contributed by atoms with Crippen LogP contribution in [0, 0.1) is 6.92 Å². The highest BCUT2D eigenvalue weighted by Gasteiger charge is 2.29. The molecule has 2 aliphatic rings. The number of carbonyl (C=O) groups excluding carboxylic acids is 1. The second-order valence-electron chi connectivity index (χ2n) is 7.62. The van der Waals surface area contributed by atoms with Gasteiger partial charge in [0.2, 0.25) is 5.91 Å². The van der Waals surface area contributed by atoms with Gasteiger partial charge in [0.25, 0.3) is 0 Å². The van der Waals surface area contributed by atoms with Crippen molar-refractivity contribution in [2.45, 2.75) is 44.8 Å². The van der Waals surface area contributed by atoms with Gasteiger partial charge in [0, 0.05) is 31.4 Å². The fourth-order valence-electron chi connectivity index (χ4n) is 3.86. The van der Waals surface area contributed by atoms with Gasteiger partial charge < -0.3 is 10.2 Å². The van der Waals surface area contributed by atoms with Crippen LogP contribution in [0.2, 0.25) is 0 Å². The summed E-state index contributed by atoms with van der Waals surface area (Å²) in [7, 11) is 0. The number of hydrogen-bond donors (Lipinski definition) is 3. The van der Waals surface area contributed by atoms with Crippen LogP contribution in [0.4, 0.5) is 5.69 Å². The Kier molecular flexibility index (Phi) is 5.41. The van der Waals surface area contributed by atoms with E-state index in [9.17, 15) is 4.79 Å². The summed E-state index contributed by atoms with van der Waals surface area (Å²) in [6.07, 6.45) is 3.32. The first-order valence-corrected chi connectivity index (χ1v) is 9.88. The summed E-state index contributed by atoms with van der Waals surface area (Å²) >= 11 is 0. The molecule has 2 unspecified atom stereocenters. The van der Waals surface area contributed by atoms with Crippen molar-refractivity contribution in [1.82, 2.24) is 16.2 Å². The molecule has 0 aromatic heterocycles. The van der Waals surface area contributed by atoms with Crippen LogP contribution in [0.3, 0.4) is 0 Å². The highest BCUT2D eigenvalue weighted by molar-refractivity contribution is 5.82. The van der Waals surface area contributed by atoms with E-state index in [1.807, 2.05) is 0 Å². The predicted octanol–water partition coefficient (Wildman–Crippen LogP) is 2.82. The predicted molar refractivity (Wildman–Crippen MR) is 108 cm³/mol. The fraction of sp³-hybridized carbons (Fsp3) is 0.409. The van der Waals surface area contributed by atoms with Gasteiger partial charge in [-0.1, -0.05) is 42.0 Å². The van der Waals surface area contributed by atoms with Crippen molar-refractivity contribution in [3.05, 3.63) is 65.2 Å². The molecule has 0 spiro atoms. The van der Waals surface area contributed by atoms with Crippen molar-refractivity contribution in [3.8, 4) is 0 Å². The Labute approximate surface area is 161 Å². The SMILES string of the molecule is Cc1ccc(C2CC(C(=O)NCc3ccc(N4CCCC4)cc3)NN2)cc1. The highest BCUT2D eigenvalue weighted by Crippen LogP contribution is 2.23. The van der Waals surface area contributed by atoms with Crippen LogP contribution in [-0.4, -0.2) is 25.0 Å². The van der Waals surface area contributed by atoms with Gasteiger partial charge in [-0.05, 0) is 49.4 Å². The monoisotopic (exact) mass is 364 g/mol. The number of nitrogens with one attached hydrogen (secondary N) is 3. The first-order valence-electron chi connectivity index (χ1n) is 9.88. The van der Waals surface area contributed by atoms with Gasteiger partial charge in [0.05, 0.1) is 0 Å². The van der Waals surface area contributed by atoms with Crippen molar-refractivity contribution in [2.75, 3.05) is 18.0 Å². The van der Waals surface area contributed by atoms with Gasteiger partial charge in [-0.3, -0.25) is 4.79 Å². The molecule has 2 fully saturated rings. The third-order valence-electron chi connectivity index (χ3n) is 5.57. The van der Waals surface area contributed by atoms with E-state index in [2.05, 4.69) is 76.5 Å². The van der Waals surface area contributed by atoms with Gasteiger partial charge in [-0.25, -0.2) is 10.9 Å². The van der Waals surface area contributed by atoms with Crippen molar-refractivity contribution < 1.29 is 4.79 Å². The van der Waals surface area contributed by atoms with Gasteiger partial charge in [-0.2, -0.15) is 0 Å². The van der Waals surface area contributed by atoms with Crippen LogP contribution in [0.15, 0.2) is 48.5 Å². The van der Waals surface area contributed by atoms with E-state index in [-0.39, 0.29) is 18.0 Å². The highest BCUT2D eigenvalue weighted by atomic mass is 16.2. The minimum Gasteiger partial charge on any atom is -0.372 e. The molecule has 142 valence electrons. The van der Waals surface area contributed by atoms with Gasteiger partial charge >= 0.3 is 0 Å². The largest absolute Gasteiger partial charge is 0.372 e. The van der Waals surface area contributed by atoms with E-state index in [1.54, 1.807) is 0 Å². The number of anilines is 1. The maximum absolute atomic E-state index is 12.5. The first-order chi connectivity index (χ1) is 13.2. The second-order valence-corrected chi connectivity index (χ2v) is 7.62. The van der Waals surface area contributed by atoms with Crippen LogP contribution in [0.1, 0.15) is 42.0 Å². The van der Waals surface area contributed by atoms with Crippen LogP contribution in [0.5, 0.6) is 0 Å². The quantitative estimate of drug-likeness (QED) is 0.764. The molecule has 27 heavy (non-hydrogen) atoms. The average Bonchev–Trinajstić information content (AvgIpc) is 3.39. The molecule has 2 aromatic carbocycles. The topological polar surface area (TPSA) is 56.4 Å². The summed E-state index contributed by atoms with van der Waals surface area (Å²) in [6, 6.07) is 17.0. The molecular weight excluding hydrogens is 336 g/mol. The van der Waals surface area contributed by atoms with Crippen molar-refractivity contribution >= 4 is 11.6 Å². The molecule has 0 aliphatic carbocycles. The number of carbonyl (C=O) groups is 1. The minimum atomic E-state index is -0.208. The van der Waals surface area contributed by atoms with Gasteiger partial charge in [-0.15, -0.1) is 0 Å². The van der Waals surface area contributed by atoms with Crippen LogP contribution in [0.25, 0.3) is 0 Å². The van der Waals surface area contributed by atoms with E-state index in [4.69, 9.17) is 0 Å². The van der Waals surface area contributed by atoms with Crippen molar-refractivity contribution in [1.29, 1.82) is 0 Å². The summed E-state index contributed by atoms with van der Waals surface area (Å²) in [6.45, 7) is 4.95. The smallest absolute Gasteiger partial charge is 0.238 e. The van der Waals surface area contributed by atoms with Gasteiger partial charge in [0.1, 0.15) is 6.04 Å². The molecule has 1 amide bonds. The zero-order valence-electron chi connectivity index (χ0n) is 15.9. The van der Waals surface area contributed by atoms with Crippen LogP contribution in [-0.2, 0) is 11.3 Å². The second kappa shape index (κ2) is 8.11. The zero-order chi connectivity index (χ0) is 18.6. The van der Waals surface area contributed by atoms with E-state index >= 15 is 0 Å². The molecule has 5 heteroatoms. The molecule has 0 bridgehead atoms. The summed E-state index contributed by atoms with van der Waals surface area (Å²) < 4.78 is 0. The third-order valence-corrected chi connectivity index (χ3v) is 5.57. The lowest BCUT2D eigenvalue weighted by atomic mass is 10.0. The molecule has 2 atom stereocenters. The number of amides is 1. The summed E-state index contributed by atoms with van der Waals surface area (Å²) in [4.78, 5) is 14.9. The lowest BCUT2D eigenvalue weighted by Gasteiger charge is -2.18. The number of nitrogens with zero attached hydrogens (tertiary/aromatic N) is 1. The molecule has 2 saturated heterocycles. The van der Waals surface area contributed by atoms with Crippen molar-refractivity contribution in [2.24, 2.45) is 0 Å². The molecule has 5 nitrogen and oxygen atoms in total.